The summed E-state index contributed by atoms with van der Waals surface area (Å²) in [6.07, 6.45) is 0.400. The molecule has 2 heterocycles. The maximum absolute atomic E-state index is 12.3. The lowest BCUT2D eigenvalue weighted by Gasteiger charge is -2.35. The molecule has 1 aliphatic heterocycles. The number of anilines is 1. The number of carbonyl (C=O) groups is 1. The molecule has 0 bridgehead atoms. The van der Waals surface area contributed by atoms with Crippen LogP contribution in [0.4, 0.5) is 5.13 Å². The number of thiazole rings is 1. The smallest absolute Gasteiger partial charge is 0.236 e. The molecule has 0 radical (unpaired) electrons. The normalized spacial score (nSPS) is 15.6. The van der Waals surface area contributed by atoms with Crippen LogP contribution in [0.1, 0.15) is 19.0 Å². The molecule has 1 fully saturated rings. The van der Waals surface area contributed by atoms with E-state index in [2.05, 4.69) is 26.2 Å². The van der Waals surface area contributed by atoms with Crippen LogP contribution in [0, 0.1) is 18.3 Å². The molecule has 1 saturated heterocycles. The van der Waals surface area contributed by atoms with Crippen molar-refractivity contribution >= 4 is 22.4 Å². The third kappa shape index (κ3) is 4.42. The summed E-state index contributed by atoms with van der Waals surface area (Å²) < 4.78 is 0. The Bertz CT molecular complexity index is 530. The third-order valence-electron chi connectivity index (χ3n) is 3.84. The molecule has 6 nitrogen and oxygen atoms in total. The summed E-state index contributed by atoms with van der Waals surface area (Å²) in [4.78, 5) is 23.0. The SMILES string of the molecule is CCN(CCC#N)C(=O)CN1CCN(c2nc(C)cs2)CC1. The van der Waals surface area contributed by atoms with Crippen molar-refractivity contribution in [3.63, 3.8) is 0 Å². The maximum atomic E-state index is 12.3. The van der Waals surface area contributed by atoms with Crippen molar-refractivity contribution in [1.82, 2.24) is 14.8 Å². The number of nitriles is 1. The number of aromatic nitrogens is 1. The molecule has 0 atom stereocenters. The van der Waals surface area contributed by atoms with Crippen LogP contribution in [-0.4, -0.2) is 66.5 Å². The van der Waals surface area contributed by atoms with Crippen molar-refractivity contribution in [2.75, 3.05) is 50.7 Å². The van der Waals surface area contributed by atoms with Crippen LogP contribution in [0.5, 0.6) is 0 Å². The van der Waals surface area contributed by atoms with Gasteiger partial charge in [0.1, 0.15) is 0 Å². The lowest BCUT2D eigenvalue weighted by molar-refractivity contribution is -0.132. The number of amides is 1. The lowest BCUT2D eigenvalue weighted by atomic mass is 10.3. The van der Waals surface area contributed by atoms with Crippen LogP contribution in [0.2, 0.25) is 0 Å². The predicted octanol–water partition coefficient (Wildman–Crippen LogP) is 1.34. The van der Waals surface area contributed by atoms with E-state index >= 15 is 0 Å². The first-order chi connectivity index (χ1) is 10.6. The number of carbonyl (C=O) groups excluding carboxylic acids is 1. The Kier molecular flexibility index (Phi) is 6.16. The van der Waals surface area contributed by atoms with E-state index in [4.69, 9.17) is 5.26 Å². The van der Waals surface area contributed by atoms with Gasteiger partial charge in [-0.25, -0.2) is 4.98 Å². The fraction of sp³-hybridized carbons (Fsp3) is 0.667. The molecular formula is C15H23N5OS. The van der Waals surface area contributed by atoms with E-state index in [0.717, 1.165) is 37.0 Å². The van der Waals surface area contributed by atoms with Crippen LogP contribution in [0.15, 0.2) is 5.38 Å². The molecule has 22 heavy (non-hydrogen) atoms. The Labute approximate surface area is 135 Å². The Morgan fingerprint density at radius 2 is 2.18 bits per heavy atom. The van der Waals surface area contributed by atoms with Crippen LogP contribution in [0.3, 0.4) is 0 Å². The van der Waals surface area contributed by atoms with Gasteiger partial charge in [0.05, 0.1) is 24.7 Å². The van der Waals surface area contributed by atoms with E-state index in [0.29, 0.717) is 26.1 Å². The fourth-order valence-corrected chi connectivity index (χ4v) is 3.38. The highest BCUT2D eigenvalue weighted by molar-refractivity contribution is 7.13. The zero-order chi connectivity index (χ0) is 15.9. The van der Waals surface area contributed by atoms with Crippen molar-refractivity contribution in [1.29, 1.82) is 5.26 Å². The Morgan fingerprint density at radius 3 is 2.73 bits per heavy atom. The average molecular weight is 321 g/mol. The summed E-state index contributed by atoms with van der Waals surface area (Å²) >= 11 is 1.68. The molecular weight excluding hydrogens is 298 g/mol. The van der Waals surface area contributed by atoms with Gasteiger partial charge in [-0.1, -0.05) is 0 Å². The van der Waals surface area contributed by atoms with Crippen molar-refractivity contribution in [2.24, 2.45) is 0 Å². The van der Waals surface area contributed by atoms with Crippen LogP contribution < -0.4 is 4.90 Å². The topological polar surface area (TPSA) is 63.5 Å². The molecule has 1 aliphatic rings. The summed E-state index contributed by atoms with van der Waals surface area (Å²) in [5.41, 5.74) is 1.06. The molecule has 0 N–H and O–H groups in total. The summed E-state index contributed by atoms with van der Waals surface area (Å²) in [6, 6.07) is 2.10. The first-order valence-electron chi connectivity index (χ1n) is 7.68. The molecule has 7 heteroatoms. The number of aryl methyl sites for hydroxylation is 1. The highest BCUT2D eigenvalue weighted by atomic mass is 32.1. The second-order valence-electron chi connectivity index (χ2n) is 5.42. The lowest BCUT2D eigenvalue weighted by Crippen LogP contribution is -2.50. The molecule has 0 unspecified atom stereocenters. The van der Waals surface area contributed by atoms with Crippen LogP contribution in [0.25, 0.3) is 0 Å². The maximum Gasteiger partial charge on any atom is 0.236 e. The molecule has 0 aliphatic carbocycles. The first kappa shape index (κ1) is 16.7. The summed E-state index contributed by atoms with van der Waals surface area (Å²) in [5, 5.41) is 11.8. The van der Waals surface area contributed by atoms with Gasteiger partial charge in [-0.15, -0.1) is 11.3 Å². The minimum absolute atomic E-state index is 0.122. The molecule has 120 valence electrons. The van der Waals surface area contributed by atoms with Gasteiger partial charge in [-0.2, -0.15) is 5.26 Å². The first-order valence-corrected chi connectivity index (χ1v) is 8.56. The van der Waals surface area contributed by atoms with Gasteiger partial charge in [-0.05, 0) is 13.8 Å². The van der Waals surface area contributed by atoms with E-state index in [-0.39, 0.29) is 5.91 Å². The van der Waals surface area contributed by atoms with Gasteiger partial charge in [0, 0.05) is 44.6 Å². The minimum atomic E-state index is 0.122. The van der Waals surface area contributed by atoms with Gasteiger partial charge in [0.15, 0.2) is 5.13 Å². The summed E-state index contributed by atoms with van der Waals surface area (Å²) in [7, 11) is 0. The van der Waals surface area contributed by atoms with Gasteiger partial charge in [0.2, 0.25) is 5.91 Å². The second-order valence-corrected chi connectivity index (χ2v) is 6.25. The average Bonchev–Trinajstić information content (AvgIpc) is 2.95. The molecule has 0 saturated carbocycles. The standard InChI is InChI=1S/C15H23N5OS/c1-3-19(6-4-5-16)14(21)11-18-7-9-20(10-8-18)15-17-13(2)12-22-15/h12H,3-4,6-11H2,1-2H3. The number of hydrogen-bond donors (Lipinski definition) is 0. The van der Waals surface area contributed by atoms with Gasteiger partial charge in [0.25, 0.3) is 0 Å². The van der Waals surface area contributed by atoms with Crippen molar-refractivity contribution in [2.45, 2.75) is 20.3 Å². The molecule has 1 amide bonds. The zero-order valence-corrected chi connectivity index (χ0v) is 14.1. The number of likely N-dealkylation sites (N-methyl/N-ethyl adjacent to an activating group) is 1. The van der Waals surface area contributed by atoms with E-state index in [1.165, 1.54) is 0 Å². The fourth-order valence-electron chi connectivity index (χ4n) is 2.52. The Hall–Kier alpha value is -1.65. The molecule has 2 rings (SSSR count). The number of rotatable bonds is 6. The Morgan fingerprint density at radius 1 is 1.45 bits per heavy atom. The number of nitrogens with zero attached hydrogens (tertiary/aromatic N) is 5. The highest BCUT2D eigenvalue weighted by Gasteiger charge is 2.22. The predicted molar refractivity (Wildman–Crippen MR) is 88.0 cm³/mol. The van der Waals surface area contributed by atoms with Crippen LogP contribution in [-0.2, 0) is 4.79 Å². The van der Waals surface area contributed by atoms with Gasteiger partial charge < -0.3 is 9.80 Å². The summed E-state index contributed by atoms with van der Waals surface area (Å²) in [6.45, 7) is 9.18. The molecule has 0 spiro atoms. The van der Waals surface area contributed by atoms with E-state index < -0.39 is 0 Å². The largest absolute Gasteiger partial charge is 0.346 e. The van der Waals surface area contributed by atoms with Crippen molar-refractivity contribution in [3.8, 4) is 6.07 Å². The second kappa shape index (κ2) is 8.11. The van der Waals surface area contributed by atoms with Crippen molar-refractivity contribution < 1.29 is 4.79 Å². The van der Waals surface area contributed by atoms with E-state index in [1.807, 2.05) is 13.8 Å². The minimum Gasteiger partial charge on any atom is -0.346 e. The van der Waals surface area contributed by atoms with Gasteiger partial charge >= 0.3 is 0 Å². The zero-order valence-electron chi connectivity index (χ0n) is 13.3. The molecule has 1 aromatic rings. The van der Waals surface area contributed by atoms with E-state index in [1.54, 1.807) is 16.2 Å². The Balaban J connectivity index is 1.79. The van der Waals surface area contributed by atoms with E-state index in [9.17, 15) is 4.79 Å². The van der Waals surface area contributed by atoms with Gasteiger partial charge in [-0.3, -0.25) is 9.69 Å². The van der Waals surface area contributed by atoms with Crippen LogP contribution >= 0.6 is 11.3 Å². The summed E-state index contributed by atoms with van der Waals surface area (Å²) in [5.74, 6) is 0.122. The molecule has 1 aromatic heterocycles. The third-order valence-corrected chi connectivity index (χ3v) is 4.86. The number of piperazine rings is 1. The monoisotopic (exact) mass is 321 g/mol. The van der Waals surface area contributed by atoms with Crippen molar-refractivity contribution in [3.05, 3.63) is 11.1 Å². The number of hydrogen-bond acceptors (Lipinski definition) is 6. The quantitative estimate of drug-likeness (QED) is 0.791. The molecule has 0 aromatic carbocycles. The highest BCUT2D eigenvalue weighted by Crippen LogP contribution is 2.21.